The molecule has 0 saturated carbocycles. The van der Waals surface area contributed by atoms with Gasteiger partial charge in [-0.05, 0) is 56.2 Å². The molecular weight excluding hydrogens is 354 g/mol. The number of rotatable bonds is 7. The number of sulfonamides is 1. The molecule has 6 nitrogen and oxygen atoms in total. The number of ether oxygens (including phenoxy) is 3. The summed E-state index contributed by atoms with van der Waals surface area (Å²) in [5, 5.41) is 0. The lowest BCUT2D eigenvalue weighted by Crippen LogP contribution is -2.27. The van der Waals surface area contributed by atoms with E-state index < -0.39 is 10.0 Å². The van der Waals surface area contributed by atoms with Crippen LogP contribution < -0.4 is 18.5 Å². The summed E-state index contributed by atoms with van der Waals surface area (Å²) < 4.78 is 43.5. The first kappa shape index (κ1) is 19.9. The molecule has 0 unspecified atom stereocenters. The highest BCUT2D eigenvalue weighted by molar-refractivity contribution is 7.92. The predicted molar refractivity (Wildman–Crippen MR) is 102 cm³/mol. The number of hydrogen-bond donors (Lipinski definition) is 0. The molecule has 0 bridgehead atoms. The first-order valence-corrected chi connectivity index (χ1v) is 9.65. The number of anilines is 1. The fourth-order valence-electron chi connectivity index (χ4n) is 2.66. The SMILES string of the molecule is CCOc1cc(C)c(S(=O)(=O)N(C)c2ccc(OC)c(OC)c2)cc1C. The summed E-state index contributed by atoms with van der Waals surface area (Å²) in [6.07, 6.45) is 0. The molecule has 0 atom stereocenters. The Morgan fingerprint density at radius 3 is 2.15 bits per heavy atom. The maximum atomic E-state index is 13.1. The van der Waals surface area contributed by atoms with E-state index in [9.17, 15) is 8.42 Å². The van der Waals surface area contributed by atoms with Crippen molar-refractivity contribution in [3.63, 3.8) is 0 Å². The molecule has 7 heteroatoms. The highest BCUT2D eigenvalue weighted by Crippen LogP contribution is 2.34. The van der Waals surface area contributed by atoms with Crippen molar-refractivity contribution >= 4 is 15.7 Å². The Morgan fingerprint density at radius 1 is 0.923 bits per heavy atom. The molecule has 0 aliphatic heterocycles. The van der Waals surface area contributed by atoms with Gasteiger partial charge in [0.15, 0.2) is 11.5 Å². The van der Waals surface area contributed by atoms with Crippen LogP contribution >= 0.6 is 0 Å². The fraction of sp³-hybridized carbons (Fsp3) is 0.368. The minimum Gasteiger partial charge on any atom is -0.494 e. The van der Waals surface area contributed by atoms with Crippen LogP contribution in [0.2, 0.25) is 0 Å². The van der Waals surface area contributed by atoms with Crippen LogP contribution in [0, 0.1) is 13.8 Å². The van der Waals surface area contributed by atoms with Crippen LogP contribution in [0.5, 0.6) is 17.2 Å². The smallest absolute Gasteiger partial charge is 0.264 e. The fourth-order valence-corrected chi connectivity index (χ4v) is 4.14. The summed E-state index contributed by atoms with van der Waals surface area (Å²) in [7, 11) is 0.817. The van der Waals surface area contributed by atoms with Crippen LogP contribution in [0.25, 0.3) is 0 Å². The van der Waals surface area contributed by atoms with Gasteiger partial charge in [0.1, 0.15) is 5.75 Å². The minimum atomic E-state index is -3.74. The van der Waals surface area contributed by atoms with Crippen LogP contribution in [0.1, 0.15) is 18.1 Å². The van der Waals surface area contributed by atoms with Crippen LogP contribution in [-0.2, 0) is 10.0 Å². The average molecular weight is 379 g/mol. The van der Waals surface area contributed by atoms with E-state index in [0.717, 1.165) is 5.56 Å². The lowest BCUT2D eigenvalue weighted by Gasteiger charge is -2.22. The van der Waals surface area contributed by atoms with Crippen LogP contribution in [-0.4, -0.2) is 36.3 Å². The Bertz CT molecular complexity index is 893. The highest BCUT2D eigenvalue weighted by Gasteiger charge is 2.25. The summed E-state index contributed by atoms with van der Waals surface area (Å²) in [6.45, 7) is 6.01. The minimum absolute atomic E-state index is 0.246. The van der Waals surface area contributed by atoms with Crippen molar-refractivity contribution in [2.75, 3.05) is 32.2 Å². The van der Waals surface area contributed by atoms with Gasteiger partial charge >= 0.3 is 0 Å². The molecule has 2 aromatic carbocycles. The summed E-state index contributed by atoms with van der Waals surface area (Å²) in [5.41, 5.74) is 1.89. The van der Waals surface area contributed by atoms with Crippen molar-refractivity contribution < 1.29 is 22.6 Å². The molecule has 0 spiro atoms. The molecule has 0 saturated heterocycles. The first-order valence-electron chi connectivity index (χ1n) is 8.21. The molecule has 0 radical (unpaired) electrons. The van der Waals surface area contributed by atoms with E-state index in [1.165, 1.54) is 25.6 Å². The Labute approximate surface area is 155 Å². The van der Waals surface area contributed by atoms with Crippen molar-refractivity contribution in [2.24, 2.45) is 0 Å². The zero-order valence-electron chi connectivity index (χ0n) is 16.0. The topological polar surface area (TPSA) is 65.1 Å². The maximum Gasteiger partial charge on any atom is 0.264 e. The molecule has 2 aromatic rings. The van der Waals surface area contributed by atoms with Gasteiger partial charge in [0.25, 0.3) is 10.0 Å². The van der Waals surface area contributed by atoms with Gasteiger partial charge in [-0.1, -0.05) is 0 Å². The normalized spacial score (nSPS) is 11.2. The van der Waals surface area contributed by atoms with Crippen LogP contribution in [0.15, 0.2) is 35.2 Å². The van der Waals surface area contributed by atoms with Gasteiger partial charge in [-0.25, -0.2) is 8.42 Å². The Kier molecular flexibility index (Phi) is 6.02. The van der Waals surface area contributed by atoms with Gasteiger partial charge in [-0.2, -0.15) is 0 Å². The van der Waals surface area contributed by atoms with Crippen LogP contribution in [0.3, 0.4) is 0 Å². The standard InChI is InChI=1S/C19H25NO5S/c1-7-25-17-10-14(3)19(11-13(17)2)26(21,22)20(4)15-8-9-16(23-5)18(12-15)24-6/h8-12H,7H2,1-6H3. The van der Waals surface area contributed by atoms with Gasteiger partial charge in [0.2, 0.25) is 0 Å². The zero-order valence-corrected chi connectivity index (χ0v) is 16.8. The van der Waals surface area contributed by atoms with Crippen molar-refractivity contribution in [1.29, 1.82) is 0 Å². The van der Waals surface area contributed by atoms with E-state index >= 15 is 0 Å². The molecule has 0 fully saturated rings. The number of nitrogens with zero attached hydrogens (tertiary/aromatic N) is 1. The summed E-state index contributed by atoms with van der Waals surface area (Å²) >= 11 is 0. The number of aryl methyl sites for hydroxylation is 2. The molecule has 0 aliphatic carbocycles. The van der Waals surface area contributed by atoms with Crippen LogP contribution in [0.4, 0.5) is 5.69 Å². The van der Waals surface area contributed by atoms with Gasteiger partial charge in [-0.15, -0.1) is 0 Å². The Balaban J connectivity index is 2.49. The summed E-state index contributed by atoms with van der Waals surface area (Å²) in [4.78, 5) is 0.246. The number of benzene rings is 2. The van der Waals surface area contributed by atoms with Gasteiger partial charge in [0, 0.05) is 13.1 Å². The van der Waals surface area contributed by atoms with Crippen molar-refractivity contribution in [3.05, 3.63) is 41.5 Å². The highest BCUT2D eigenvalue weighted by atomic mass is 32.2. The molecule has 0 heterocycles. The monoisotopic (exact) mass is 379 g/mol. The molecule has 0 N–H and O–H groups in total. The quantitative estimate of drug-likeness (QED) is 0.736. The lowest BCUT2D eigenvalue weighted by molar-refractivity contribution is 0.337. The Morgan fingerprint density at radius 2 is 1.58 bits per heavy atom. The Hall–Kier alpha value is -2.41. The molecule has 0 aliphatic rings. The lowest BCUT2D eigenvalue weighted by atomic mass is 10.1. The van der Waals surface area contributed by atoms with Crippen molar-refractivity contribution in [2.45, 2.75) is 25.7 Å². The van der Waals surface area contributed by atoms with Gasteiger partial charge < -0.3 is 14.2 Å². The van der Waals surface area contributed by atoms with Crippen molar-refractivity contribution in [1.82, 2.24) is 0 Å². The number of hydrogen-bond acceptors (Lipinski definition) is 5. The molecule has 2 rings (SSSR count). The van der Waals surface area contributed by atoms with E-state index in [4.69, 9.17) is 14.2 Å². The van der Waals surface area contributed by atoms with Gasteiger partial charge in [0.05, 0.1) is 31.4 Å². The van der Waals surface area contributed by atoms with E-state index in [1.807, 2.05) is 13.8 Å². The predicted octanol–water partition coefficient (Wildman–Crippen LogP) is 3.54. The first-order chi connectivity index (χ1) is 12.3. The molecule has 0 aromatic heterocycles. The second kappa shape index (κ2) is 7.86. The van der Waals surface area contributed by atoms with E-state index in [1.54, 1.807) is 37.3 Å². The maximum absolute atomic E-state index is 13.1. The second-order valence-corrected chi connectivity index (χ2v) is 7.77. The van der Waals surface area contributed by atoms with E-state index in [0.29, 0.717) is 35.1 Å². The molecule has 142 valence electrons. The summed E-state index contributed by atoms with van der Waals surface area (Å²) in [5.74, 6) is 1.69. The molecule has 0 amide bonds. The van der Waals surface area contributed by atoms with E-state index in [-0.39, 0.29) is 4.90 Å². The van der Waals surface area contributed by atoms with Crippen molar-refractivity contribution in [3.8, 4) is 17.2 Å². The number of methoxy groups -OCH3 is 2. The zero-order chi connectivity index (χ0) is 19.5. The third-order valence-electron chi connectivity index (χ3n) is 4.14. The largest absolute Gasteiger partial charge is 0.494 e. The third-order valence-corrected chi connectivity index (χ3v) is 6.07. The van der Waals surface area contributed by atoms with E-state index in [2.05, 4.69) is 0 Å². The molecular formula is C19H25NO5S. The molecule has 26 heavy (non-hydrogen) atoms. The average Bonchev–Trinajstić information content (AvgIpc) is 2.63. The summed E-state index contributed by atoms with van der Waals surface area (Å²) in [6, 6.07) is 8.39. The van der Waals surface area contributed by atoms with Gasteiger partial charge in [-0.3, -0.25) is 4.31 Å². The third kappa shape index (κ3) is 3.72. The second-order valence-electron chi connectivity index (χ2n) is 5.83.